The van der Waals surface area contributed by atoms with Crippen LogP contribution in [0.1, 0.15) is 24.0 Å². The van der Waals surface area contributed by atoms with Crippen LogP contribution in [0.5, 0.6) is 17.2 Å². The lowest BCUT2D eigenvalue weighted by atomic mass is 10.1. The van der Waals surface area contributed by atoms with Crippen LogP contribution in [0, 0.1) is 6.92 Å². The molecule has 0 radical (unpaired) electrons. The highest BCUT2D eigenvalue weighted by atomic mass is 16.5. The van der Waals surface area contributed by atoms with Gasteiger partial charge >= 0.3 is 0 Å². The van der Waals surface area contributed by atoms with E-state index in [1.807, 2.05) is 42.5 Å². The molecule has 0 unspecified atom stereocenters. The fourth-order valence-corrected chi connectivity index (χ4v) is 3.90. The largest absolute Gasteiger partial charge is 0.508 e. The normalized spacial score (nSPS) is 11.0. The van der Waals surface area contributed by atoms with Crippen molar-refractivity contribution < 1.29 is 19.7 Å². The number of benzene rings is 3. The number of ether oxygens (including phenoxy) is 1. The van der Waals surface area contributed by atoms with Crippen molar-refractivity contribution in [1.82, 2.24) is 4.57 Å². The highest BCUT2D eigenvalue weighted by Gasteiger charge is 2.17. The van der Waals surface area contributed by atoms with Gasteiger partial charge in [-0.05, 0) is 84.6 Å². The van der Waals surface area contributed by atoms with Crippen LogP contribution in [-0.4, -0.2) is 27.7 Å². The van der Waals surface area contributed by atoms with Gasteiger partial charge in [0.25, 0.3) is 0 Å². The Kier molecular flexibility index (Phi) is 5.94. The van der Waals surface area contributed by atoms with E-state index in [2.05, 4.69) is 11.5 Å². The Hall–Kier alpha value is -3.73. The maximum Gasteiger partial charge on any atom is 0.120 e. The molecule has 31 heavy (non-hydrogen) atoms. The topological polar surface area (TPSA) is 71.7 Å². The smallest absolute Gasteiger partial charge is 0.120 e. The van der Waals surface area contributed by atoms with Gasteiger partial charge in [0.1, 0.15) is 23.5 Å². The molecule has 0 atom stereocenters. The second-order valence-corrected chi connectivity index (χ2v) is 7.61. The van der Waals surface area contributed by atoms with E-state index in [1.54, 1.807) is 24.3 Å². The van der Waals surface area contributed by atoms with Gasteiger partial charge in [-0.25, -0.2) is 0 Å². The SMILES string of the molecule is Cc1c(-c2ccc(O)cc2)n(Cc2ccc(OCCCC=O)cc2)c2ccc(O)cc12. The first-order valence-electron chi connectivity index (χ1n) is 10.3. The maximum absolute atomic E-state index is 10.4. The van der Waals surface area contributed by atoms with Gasteiger partial charge in [-0.3, -0.25) is 0 Å². The number of aryl methyl sites for hydroxylation is 1. The number of carbonyl (C=O) groups is 1. The lowest BCUT2D eigenvalue weighted by molar-refractivity contribution is -0.108. The molecule has 5 heteroatoms. The quantitative estimate of drug-likeness (QED) is 0.297. The van der Waals surface area contributed by atoms with Gasteiger partial charge in [0, 0.05) is 23.9 Å². The molecule has 0 amide bonds. The van der Waals surface area contributed by atoms with Crippen molar-refractivity contribution in [3.8, 4) is 28.5 Å². The molecule has 0 bridgehead atoms. The van der Waals surface area contributed by atoms with Crippen LogP contribution >= 0.6 is 0 Å². The number of aldehydes is 1. The van der Waals surface area contributed by atoms with Crippen LogP contribution in [0.3, 0.4) is 0 Å². The van der Waals surface area contributed by atoms with E-state index in [4.69, 9.17) is 4.74 Å². The molecular weight excluding hydrogens is 390 g/mol. The molecule has 4 aromatic rings. The Bertz CT molecular complexity index is 1190. The predicted molar refractivity (Wildman–Crippen MR) is 122 cm³/mol. The summed E-state index contributed by atoms with van der Waals surface area (Å²) in [4.78, 5) is 10.4. The number of phenols is 2. The Morgan fingerprint density at radius 2 is 1.65 bits per heavy atom. The molecule has 0 saturated heterocycles. The standard InChI is InChI=1S/C26H25NO4/c1-18-24-16-22(30)10-13-25(24)27(26(18)20-6-8-21(29)9-7-20)17-19-4-11-23(12-5-19)31-15-3-2-14-28/h4-14,16,29-30H,2-3,15,17H2,1H3. The van der Waals surface area contributed by atoms with Crippen LogP contribution in [0.4, 0.5) is 0 Å². The predicted octanol–water partition coefficient (Wildman–Crippen LogP) is 5.43. The van der Waals surface area contributed by atoms with Crippen molar-refractivity contribution in [2.75, 3.05) is 6.61 Å². The van der Waals surface area contributed by atoms with Gasteiger partial charge in [-0.2, -0.15) is 0 Å². The molecule has 2 N–H and O–H groups in total. The highest BCUT2D eigenvalue weighted by Crippen LogP contribution is 2.36. The number of hydrogen-bond acceptors (Lipinski definition) is 4. The van der Waals surface area contributed by atoms with Gasteiger partial charge in [0.2, 0.25) is 0 Å². The third-order valence-electron chi connectivity index (χ3n) is 5.44. The zero-order chi connectivity index (χ0) is 21.8. The molecule has 0 aliphatic rings. The fourth-order valence-electron chi connectivity index (χ4n) is 3.90. The Morgan fingerprint density at radius 3 is 2.35 bits per heavy atom. The van der Waals surface area contributed by atoms with Crippen LogP contribution in [-0.2, 0) is 11.3 Å². The fraction of sp³-hybridized carbons (Fsp3) is 0.192. The number of phenolic OH excluding ortho intramolecular Hbond substituents is 2. The number of nitrogens with zero attached hydrogens (tertiary/aromatic N) is 1. The van der Waals surface area contributed by atoms with Gasteiger partial charge in [0.05, 0.1) is 12.3 Å². The number of aromatic hydroxyl groups is 2. The molecule has 4 rings (SSSR count). The first-order valence-corrected chi connectivity index (χ1v) is 10.3. The van der Waals surface area contributed by atoms with Crippen molar-refractivity contribution in [3.63, 3.8) is 0 Å². The minimum Gasteiger partial charge on any atom is -0.508 e. The zero-order valence-electron chi connectivity index (χ0n) is 17.4. The van der Waals surface area contributed by atoms with E-state index in [-0.39, 0.29) is 11.5 Å². The second kappa shape index (κ2) is 8.96. The van der Waals surface area contributed by atoms with Gasteiger partial charge in [-0.1, -0.05) is 12.1 Å². The summed E-state index contributed by atoms with van der Waals surface area (Å²) in [6.45, 7) is 3.22. The average molecular weight is 415 g/mol. The molecule has 158 valence electrons. The summed E-state index contributed by atoms with van der Waals surface area (Å²) in [6.07, 6.45) is 2.12. The summed E-state index contributed by atoms with van der Waals surface area (Å²) in [5, 5.41) is 20.7. The van der Waals surface area contributed by atoms with Gasteiger partial charge in [-0.15, -0.1) is 0 Å². The molecule has 0 fully saturated rings. The van der Waals surface area contributed by atoms with Crippen LogP contribution < -0.4 is 4.74 Å². The molecule has 0 saturated carbocycles. The van der Waals surface area contributed by atoms with Crippen molar-refractivity contribution in [2.24, 2.45) is 0 Å². The Labute approximate surface area is 181 Å². The first kappa shape index (κ1) is 20.5. The van der Waals surface area contributed by atoms with E-state index in [9.17, 15) is 15.0 Å². The van der Waals surface area contributed by atoms with E-state index < -0.39 is 0 Å². The third-order valence-corrected chi connectivity index (χ3v) is 5.44. The van der Waals surface area contributed by atoms with Gasteiger partial charge < -0.3 is 24.3 Å². The van der Waals surface area contributed by atoms with Crippen molar-refractivity contribution in [2.45, 2.75) is 26.3 Å². The number of fused-ring (bicyclic) bond motifs is 1. The lowest BCUT2D eigenvalue weighted by Crippen LogP contribution is -2.03. The molecule has 0 aliphatic heterocycles. The summed E-state index contributed by atoms with van der Waals surface area (Å²) >= 11 is 0. The first-order chi connectivity index (χ1) is 15.1. The molecule has 0 spiro atoms. The number of unbranched alkanes of at least 4 members (excludes halogenated alkanes) is 1. The van der Waals surface area contributed by atoms with Crippen molar-refractivity contribution >= 4 is 17.2 Å². The molecular formula is C26H25NO4. The molecule has 0 aliphatic carbocycles. The summed E-state index contributed by atoms with van der Waals surface area (Å²) in [7, 11) is 0. The summed E-state index contributed by atoms with van der Waals surface area (Å²) in [6, 6.07) is 20.6. The van der Waals surface area contributed by atoms with Crippen LogP contribution in [0.15, 0.2) is 66.7 Å². The molecule has 1 heterocycles. The van der Waals surface area contributed by atoms with Crippen LogP contribution in [0.25, 0.3) is 22.2 Å². The van der Waals surface area contributed by atoms with E-state index in [0.717, 1.165) is 45.3 Å². The molecule has 1 aromatic heterocycles. The van der Waals surface area contributed by atoms with E-state index in [1.165, 1.54) is 0 Å². The molecule has 5 nitrogen and oxygen atoms in total. The Balaban J connectivity index is 1.69. The molecule has 3 aromatic carbocycles. The summed E-state index contributed by atoms with van der Waals surface area (Å²) in [5.41, 5.74) is 5.28. The van der Waals surface area contributed by atoms with Crippen molar-refractivity contribution in [3.05, 3.63) is 77.9 Å². The minimum atomic E-state index is 0.227. The van der Waals surface area contributed by atoms with E-state index in [0.29, 0.717) is 26.0 Å². The minimum absolute atomic E-state index is 0.227. The second-order valence-electron chi connectivity index (χ2n) is 7.61. The number of hydrogen-bond donors (Lipinski definition) is 2. The Morgan fingerprint density at radius 1 is 0.935 bits per heavy atom. The summed E-state index contributed by atoms with van der Waals surface area (Å²) in [5.74, 6) is 1.25. The number of rotatable bonds is 8. The van der Waals surface area contributed by atoms with Crippen molar-refractivity contribution in [1.29, 1.82) is 0 Å². The van der Waals surface area contributed by atoms with Gasteiger partial charge in [0.15, 0.2) is 0 Å². The third kappa shape index (κ3) is 4.40. The summed E-state index contributed by atoms with van der Waals surface area (Å²) < 4.78 is 7.92. The highest BCUT2D eigenvalue weighted by molar-refractivity contribution is 5.92. The zero-order valence-corrected chi connectivity index (χ0v) is 17.4. The number of carbonyl (C=O) groups excluding carboxylic acids is 1. The maximum atomic E-state index is 10.4. The average Bonchev–Trinajstić information content (AvgIpc) is 3.04. The van der Waals surface area contributed by atoms with E-state index >= 15 is 0 Å². The van der Waals surface area contributed by atoms with Crippen LogP contribution in [0.2, 0.25) is 0 Å². The monoisotopic (exact) mass is 415 g/mol. The lowest BCUT2D eigenvalue weighted by Gasteiger charge is -2.13. The number of aromatic nitrogens is 1.